The first-order chi connectivity index (χ1) is 9.91. The third-order valence-electron chi connectivity index (χ3n) is 2.83. The van der Waals surface area contributed by atoms with Crippen molar-refractivity contribution in [3.63, 3.8) is 0 Å². The Kier molecular flexibility index (Phi) is 3.61. The molecule has 0 aliphatic heterocycles. The van der Waals surface area contributed by atoms with Crippen molar-refractivity contribution in [3.8, 4) is 11.1 Å². The maximum Gasteiger partial charge on any atom is 0.335 e. The fraction of sp³-hybridized carbons (Fsp3) is 0. The summed E-state index contributed by atoms with van der Waals surface area (Å²) >= 11 is 0. The molecule has 2 rings (SSSR count). The fourth-order valence-corrected chi connectivity index (χ4v) is 1.90. The Morgan fingerprint density at radius 3 is 2.05 bits per heavy atom. The van der Waals surface area contributed by atoms with Crippen molar-refractivity contribution in [2.24, 2.45) is 0 Å². The molecule has 0 aliphatic carbocycles. The topological polar surface area (TPSA) is 124 Å². The predicted molar refractivity (Wildman–Crippen MR) is 72.1 cm³/mol. The van der Waals surface area contributed by atoms with E-state index in [1.54, 1.807) is 0 Å². The zero-order valence-corrected chi connectivity index (χ0v) is 10.4. The number of carboxylic acid groups (broad SMARTS) is 1. The lowest BCUT2D eigenvalue weighted by molar-refractivity contribution is -0.386. The number of benzene rings is 2. The number of carboxylic acids is 1. The summed E-state index contributed by atoms with van der Waals surface area (Å²) in [5.74, 6) is -1.27. The van der Waals surface area contributed by atoms with E-state index in [1.807, 2.05) is 0 Å². The first-order valence-electron chi connectivity index (χ1n) is 5.67. The van der Waals surface area contributed by atoms with Crippen molar-refractivity contribution < 1.29 is 19.7 Å². The van der Waals surface area contributed by atoms with E-state index >= 15 is 0 Å². The van der Waals surface area contributed by atoms with Gasteiger partial charge in [0.05, 0.1) is 26.5 Å². The van der Waals surface area contributed by atoms with Crippen LogP contribution in [0.15, 0.2) is 42.5 Å². The number of nitrogens with zero attached hydrogens (tertiary/aromatic N) is 2. The van der Waals surface area contributed by atoms with E-state index in [4.69, 9.17) is 5.11 Å². The van der Waals surface area contributed by atoms with E-state index in [9.17, 15) is 25.0 Å². The molecule has 0 radical (unpaired) electrons. The SMILES string of the molecule is O=C(O)c1ccc([N+](=O)[O-])c(-c2ccccc2[N+](=O)[O-])c1. The summed E-state index contributed by atoms with van der Waals surface area (Å²) in [6, 6.07) is 8.61. The fourth-order valence-electron chi connectivity index (χ4n) is 1.90. The zero-order valence-electron chi connectivity index (χ0n) is 10.4. The molecule has 2 aromatic rings. The predicted octanol–water partition coefficient (Wildman–Crippen LogP) is 2.87. The molecule has 2 aromatic carbocycles. The molecule has 8 nitrogen and oxygen atoms in total. The maximum atomic E-state index is 11.0. The van der Waals surface area contributed by atoms with Crippen molar-refractivity contribution in [1.82, 2.24) is 0 Å². The first-order valence-corrected chi connectivity index (χ1v) is 5.67. The summed E-state index contributed by atoms with van der Waals surface area (Å²) < 4.78 is 0. The molecule has 21 heavy (non-hydrogen) atoms. The highest BCUT2D eigenvalue weighted by Crippen LogP contribution is 2.36. The summed E-state index contributed by atoms with van der Waals surface area (Å²) in [5, 5.41) is 31.0. The number of hydrogen-bond acceptors (Lipinski definition) is 5. The van der Waals surface area contributed by atoms with Gasteiger partial charge in [-0.05, 0) is 18.2 Å². The molecule has 0 bridgehead atoms. The van der Waals surface area contributed by atoms with E-state index in [2.05, 4.69) is 0 Å². The van der Waals surface area contributed by atoms with Gasteiger partial charge in [0.25, 0.3) is 11.4 Å². The Balaban J connectivity index is 2.78. The normalized spacial score (nSPS) is 10.1. The first kappa shape index (κ1) is 14.1. The van der Waals surface area contributed by atoms with Crippen molar-refractivity contribution in [1.29, 1.82) is 0 Å². The van der Waals surface area contributed by atoms with Crippen LogP contribution in [-0.2, 0) is 0 Å². The van der Waals surface area contributed by atoms with Gasteiger partial charge < -0.3 is 5.11 Å². The minimum absolute atomic E-state index is 0.00250. The monoisotopic (exact) mass is 288 g/mol. The summed E-state index contributed by atoms with van der Waals surface area (Å²) in [6.07, 6.45) is 0. The molecule has 106 valence electrons. The van der Waals surface area contributed by atoms with Crippen LogP contribution in [0.4, 0.5) is 11.4 Å². The number of aromatic carboxylic acids is 1. The third kappa shape index (κ3) is 2.68. The second-order valence-electron chi connectivity index (χ2n) is 4.07. The number of para-hydroxylation sites is 1. The number of carbonyl (C=O) groups is 1. The Morgan fingerprint density at radius 1 is 0.905 bits per heavy atom. The standard InChI is InChI=1S/C13H8N2O6/c16-13(17)8-5-6-12(15(20)21)10(7-8)9-3-1-2-4-11(9)14(18)19/h1-7H,(H,16,17). The number of nitro benzene ring substituents is 2. The van der Waals surface area contributed by atoms with Crippen LogP contribution >= 0.6 is 0 Å². The van der Waals surface area contributed by atoms with Gasteiger partial charge in [0.2, 0.25) is 0 Å². The van der Waals surface area contributed by atoms with E-state index < -0.39 is 21.5 Å². The van der Waals surface area contributed by atoms with Crippen LogP contribution in [-0.4, -0.2) is 20.9 Å². The lowest BCUT2D eigenvalue weighted by Crippen LogP contribution is -2.00. The Hall–Kier alpha value is -3.29. The van der Waals surface area contributed by atoms with Gasteiger partial charge >= 0.3 is 5.97 Å². The van der Waals surface area contributed by atoms with Gasteiger partial charge in [-0.1, -0.05) is 12.1 Å². The minimum atomic E-state index is -1.27. The molecule has 0 aromatic heterocycles. The van der Waals surface area contributed by atoms with Crippen molar-refractivity contribution >= 4 is 17.3 Å². The van der Waals surface area contributed by atoms with Crippen molar-refractivity contribution in [2.75, 3.05) is 0 Å². The molecular formula is C13H8N2O6. The van der Waals surface area contributed by atoms with Crippen LogP contribution in [0.3, 0.4) is 0 Å². The van der Waals surface area contributed by atoms with Crippen LogP contribution in [0.5, 0.6) is 0 Å². The van der Waals surface area contributed by atoms with Gasteiger partial charge in [0, 0.05) is 12.1 Å². The average Bonchev–Trinajstić information content (AvgIpc) is 2.46. The second-order valence-corrected chi connectivity index (χ2v) is 4.07. The van der Waals surface area contributed by atoms with E-state index in [-0.39, 0.29) is 22.4 Å². The summed E-state index contributed by atoms with van der Waals surface area (Å²) in [5.41, 5.74) is -1.02. The molecule has 0 atom stereocenters. The van der Waals surface area contributed by atoms with Gasteiger partial charge in [-0.15, -0.1) is 0 Å². The van der Waals surface area contributed by atoms with Gasteiger partial charge in [-0.2, -0.15) is 0 Å². The third-order valence-corrected chi connectivity index (χ3v) is 2.83. The van der Waals surface area contributed by atoms with Crippen molar-refractivity contribution in [3.05, 3.63) is 68.3 Å². The molecule has 0 aliphatic rings. The van der Waals surface area contributed by atoms with Crippen LogP contribution in [0.1, 0.15) is 10.4 Å². The van der Waals surface area contributed by atoms with Gasteiger partial charge in [-0.3, -0.25) is 20.2 Å². The molecular weight excluding hydrogens is 280 g/mol. The summed E-state index contributed by atoms with van der Waals surface area (Å²) in [6.45, 7) is 0. The summed E-state index contributed by atoms with van der Waals surface area (Å²) in [4.78, 5) is 31.7. The number of rotatable bonds is 4. The molecule has 0 saturated carbocycles. The largest absolute Gasteiger partial charge is 0.478 e. The summed E-state index contributed by atoms with van der Waals surface area (Å²) in [7, 11) is 0. The lowest BCUT2D eigenvalue weighted by atomic mass is 9.99. The van der Waals surface area contributed by atoms with E-state index in [0.29, 0.717) is 0 Å². The molecule has 0 heterocycles. The minimum Gasteiger partial charge on any atom is -0.478 e. The van der Waals surface area contributed by atoms with Gasteiger partial charge in [-0.25, -0.2) is 4.79 Å². The van der Waals surface area contributed by atoms with E-state index in [1.165, 1.54) is 24.3 Å². The zero-order chi connectivity index (χ0) is 15.6. The molecule has 8 heteroatoms. The Morgan fingerprint density at radius 2 is 1.48 bits per heavy atom. The molecule has 0 unspecified atom stereocenters. The van der Waals surface area contributed by atoms with Crippen LogP contribution in [0.25, 0.3) is 11.1 Å². The highest BCUT2D eigenvalue weighted by atomic mass is 16.6. The van der Waals surface area contributed by atoms with Crippen LogP contribution in [0.2, 0.25) is 0 Å². The molecule has 0 saturated heterocycles. The highest BCUT2D eigenvalue weighted by Gasteiger charge is 2.23. The second kappa shape index (κ2) is 5.37. The Bertz CT molecular complexity index is 756. The average molecular weight is 288 g/mol. The van der Waals surface area contributed by atoms with Crippen LogP contribution < -0.4 is 0 Å². The van der Waals surface area contributed by atoms with Crippen molar-refractivity contribution in [2.45, 2.75) is 0 Å². The van der Waals surface area contributed by atoms with Gasteiger partial charge in [0.15, 0.2) is 0 Å². The lowest BCUT2D eigenvalue weighted by Gasteiger charge is -2.05. The quantitative estimate of drug-likeness (QED) is 0.681. The molecule has 0 fully saturated rings. The van der Waals surface area contributed by atoms with E-state index in [0.717, 1.165) is 18.2 Å². The highest BCUT2D eigenvalue weighted by molar-refractivity contribution is 5.92. The van der Waals surface area contributed by atoms with Crippen LogP contribution in [0, 0.1) is 20.2 Å². The smallest absolute Gasteiger partial charge is 0.335 e. The maximum absolute atomic E-state index is 11.0. The number of nitro groups is 2. The van der Waals surface area contributed by atoms with Gasteiger partial charge in [0.1, 0.15) is 0 Å². The molecule has 1 N–H and O–H groups in total. The molecule has 0 amide bonds. The number of hydrogen-bond donors (Lipinski definition) is 1. The Labute approximate surface area is 117 Å². The molecule has 0 spiro atoms.